The normalized spacial score (nSPS) is 23.5. The molecule has 77 heavy (non-hydrogen) atoms. The number of nitrogens with one attached hydrogen (secondary N) is 1. The highest BCUT2D eigenvalue weighted by molar-refractivity contribution is 7.13. The number of ether oxygens (including phenoxy) is 2. The van der Waals surface area contributed by atoms with Gasteiger partial charge in [-0.3, -0.25) is 14.6 Å². The number of β-amino-alcohol motifs (C(OH)–C–C–N with tert-alkyl or cyclic N) is 1. The SMILES string of the molecule is Cc1ncsc1-c1ccc([C@H](C)NC(=O)[C@@H]2C[C@@H](O)CN2C(=O)[C@H](c2cc(OCCC3CCN(CC4CC(Oc5cc(N6C7CCC6CN(c6cc(-c8ccccc8O)nnc6N)C7)ccn5)C4)CC3)no2)C(C)C)cn1. The number of fused-ring (bicyclic) bond motifs is 2. The maximum Gasteiger partial charge on any atom is 0.254 e. The number of aryl methyl sites for hydroxylation is 1. The van der Waals surface area contributed by atoms with E-state index in [4.69, 9.17) is 19.7 Å². The minimum atomic E-state index is -0.839. The monoisotopic (exact) mass is 1070 g/mol. The summed E-state index contributed by atoms with van der Waals surface area (Å²) in [6, 6.07) is 18.3. The molecule has 4 saturated heterocycles. The molecule has 1 aliphatic carbocycles. The van der Waals surface area contributed by atoms with Crippen molar-refractivity contribution in [3.05, 3.63) is 95.6 Å². The minimum Gasteiger partial charge on any atom is -0.507 e. The van der Waals surface area contributed by atoms with Crippen molar-refractivity contribution in [2.75, 3.05) is 61.4 Å². The molecule has 2 amide bonds. The van der Waals surface area contributed by atoms with Crippen LogP contribution in [0.2, 0.25) is 0 Å². The molecule has 11 rings (SSSR count). The summed E-state index contributed by atoms with van der Waals surface area (Å²) in [6.07, 6.45) is 10.4. The van der Waals surface area contributed by atoms with E-state index in [-0.39, 0.29) is 48.6 Å². The van der Waals surface area contributed by atoms with Crippen LogP contribution in [0.3, 0.4) is 0 Å². The standard InChI is InChI=1S/C57H70N12O7S/c1-33(2)53(57(73)68-31-42(70)24-48(68)56(72)62-34(3)38-9-12-45(60-27-38)54-35(4)61-32-77-54)50-26-52(65-76-50)74-20-16-36-14-18-66(19-15-36)28-37-21-43(22-37)75-51-23-39(13-17-59-51)69-40-10-11-41(69)30-67(29-40)47-25-46(63-64-55(47)58)44-7-5-6-8-49(44)71/h5-9,12-13,17,23,25-27,32-34,36-37,40-43,48,53,70-71H,10-11,14-16,18-22,24,28-31H2,1-4H3,(H2,58,64)(H,62,72)/t34-,37?,40?,41?,42+,43?,48-,53-/m0/s1. The lowest BCUT2D eigenvalue weighted by Crippen LogP contribution is -2.54. The summed E-state index contributed by atoms with van der Waals surface area (Å²) >= 11 is 1.53. The highest BCUT2D eigenvalue weighted by Gasteiger charge is 2.44. The van der Waals surface area contributed by atoms with E-state index >= 15 is 0 Å². The molecule has 5 aromatic heterocycles. The Kier molecular flexibility index (Phi) is 15.3. The lowest BCUT2D eigenvalue weighted by atomic mass is 9.81. The molecule has 9 heterocycles. The van der Waals surface area contributed by atoms with E-state index in [1.54, 1.807) is 29.9 Å². The highest BCUT2D eigenvalue weighted by Crippen LogP contribution is 2.41. The van der Waals surface area contributed by atoms with E-state index < -0.39 is 18.1 Å². The maximum atomic E-state index is 14.3. The van der Waals surface area contributed by atoms with Crippen molar-refractivity contribution in [2.24, 2.45) is 17.8 Å². The average molecular weight is 1070 g/mol. The van der Waals surface area contributed by atoms with Crippen molar-refractivity contribution in [2.45, 2.75) is 121 Å². The summed E-state index contributed by atoms with van der Waals surface area (Å²) in [7, 11) is 0. The van der Waals surface area contributed by atoms with E-state index in [2.05, 4.69) is 62.5 Å². The first-order valence-corrected chi connectivity index (χ1v) is 28.2. The zero-order valence-electron chi connectivity index (χ0n) is 44.3. The first kappa shape index (κ1) is 52.2. The zero-order valence-corrected chi connectivity index (χ0v) is 45.1. The maximum absolute atomic E-state index is 14.3. The Hall–Kier alpha value is -6.90. The van der Waals surface area contributed by atoms with Crippen molar-refractivity contribution in [3.8, 4) is 39.3 Å². The number of aliphatic hydroxyl groups excluding tert-OH is 1. The summed E-state index contributed by atoms with van der Waals surface area (Å²) in [4.78, 5) is 51.5. The first-order valence-electron chi connectivity index (χ1n) is 27.4. The van der Waals surface area contributed by atoms with Gasteiger partial charge in [-0.1, -0.05) is 32.0 Å². The van der Waals surface area contributed by atoms with Crippen molar-refractivity contribution < 1.29 is 33.8 Å². The van der Waals surface area contributed by atoms with Crippen LogP contribution in [0.25, 0.3) is 21.8 Å². The topological polar surface area (TPSA) is 235 Å². The summed E-state index contributed by atoms with van der Waals surface area (Å²) in [5, 5.41) is 37.0. The van der Waals surface area contributed by atoms with Crippen molar-refractivity contribution >= 4 is 40.3 Å². The molecule has 19 nitrogen and oxygen atoms in total. The molecule has 6 atom stereocenters. The number of piperazine rings is 1. The highest BCUT2D eigenvalue weighted by atomic mass is 32.1. The van der Waals surface area contributed by atoms with Gasteiger partial charge < -0.3 is 54.9 Å². The van der Waals surface area contributed by atoms with Crippen LogP contribution >= 0.6 is 11.3 Å². The van der Waals surface area contributed by atoms with Gasteiger partial charge in [0.1, 0.15) is 23.8 Å². The predicted octanol–water partition coefficient (Wildman–Crippen LogP) is 7.42. The van der Waals surface area contributed by atoms with Gasteiger partial charge in [0.15, 0.2) is 11.6 Å². The number of carbonyl (C=O) groups is 2. The number of aliphatic hydroxyl groups is 1. The molecule has 1 aromatic carbocycles. The molecule has 2 unspecified atom stereocenters. The molecule has 4 aliphatic heterocycles. The number of phenolic OH excluding ortho intramolecular Hbond substituents is 1. The average Bonchev–Trinajstić information content (AvgIpc) is 4.22. The number of hydrogen-bond acceptors (Lipinski definition) is 18. The molecular formula is C57H70N12O7S. The summed E-state index contributed by atoms with van der Waals surface area (Å²) in [6.45, 7) is 13.0. The van der Waals surface area contributed by atoms with E-state index in [0.29, 0.717) is 65.1 Å². The van der Waals surface area contributed by atoms with Gasteiger partial charge in [0.05, 0.1) is 51.9 Å². The van der Waals surface area contributed by atoms with E-state index in [1.807, 2.05) is 64.2 Å². The number of piperidine rings is 1. The molecule has 2 bridgehead atoms. The van der Waals surface area contributed by atoms with E-state index in [9.17, 15) is 19.8 Å². The number of anilines is 3. The van der Waals surface area contributed by atoms with Gasteiger partial charge >= 0.3 is 0 Å². The predicted molar refractivity (Wildman–Crippen MR) is 293 cm³/mol. The molecule has 0 radical (unpaired) electrons. The number of nitrogen functional groups attached to an aromatic ring is 1. The largest absolute Gasteiger partial charge is 0.507 e. The lowest BCUT2D eigenvalue weighted by Gasteiger charge is -2.43. The number of carbonyl (C=O) groups excluding carboxylic acids is 2. The first-order chi connectivity index (χ1) is 37.3. The molecule has 5 aliphatic rings. The smallest absolute Gasteiger partial charge is 0.254 e. The van der Waals surface area contributed by atoms with Crippen LogP contribution in [0.4, 0.5) is 17.2 Å². The number of para-hydroxylation sites is 1. The Balaban J connectivity index is 0.601. The second-order valence-corrected chi connectivity index (χ2v) is 23.0. The Morgan fingerprint density at radius 3 is 2.42 bits per heavy atom. The second-order valence-electron chi connectivity index (χ2n) is 22.2. The van der Waals surface area contributed by atoms with Gasteiger partial charge in [0.25, 0.3) is 5.88 Å². The Morgan fingerprint density at radius 2 is 1.69 bits per heavy atom. The molecule has 20 heteroatoms. The fourth-order valence-electron chi connectivity index (χ4n) is 12.3. The number of thiazole rings is 1. The zero-order chi connectivity index (χ0) is 53.3. The Labute approximate surface area is 453 Å². The molecule has 1 saturated carbocycles. The van der Waals surface area contributed by atoms with Crippen LogP contribution in [0.1, 0.15) is 101 Å². The third kappa shape index (κ3) is 11.4. The van der Waals surface area contributed by atoms with Crippen LogP contribution in [-0.4, -0.2) is 138 Å². The Morgan fingerprint density at radius 1 is 0.896 bits per heavy atom. The molecular weight excluding hydrogens is 997 g/mol. The fourth-order valence-corrected chi connectivity index (χ4v) is 13.1. The van der Waals surface area contributed by atoms with Gasteiger partial charge in [-0.05, 0) is 131 Å². The van der Waals surface area contributed by atoms with Gasteiger partial charge in [0.2, 0.25) is 17.7 Å². The molecule has 406 valence electrons. The van der Waals surface area contributed by atoms with Crippen LogP contribution in [0.5, 0.6) is 17.5 Å². The third-order valence-corrected chi connectivity index (χ3v) is 17.5. The molecule has 6 aromatic rings. The number of nitrogens with two attached hydrogens (primary N) is 1. The fraction of sp³-hybridized carbons (Fsp3) is 0.509. The van der Waals surface area contributed by atoms with Crippen LogP contribution in [-0.2, 0) is 9.59 Å². The summed E-state index contributed by atoms with van der Waals surface area (Å²) < 4.78 is 18.3. The summed E-state index contributed by atoms with van der Waals surface area (Å²) in [5.74, 6) is 1.60. The number of rotatable bonds is 18. The van der Waals surface area contributed by atoms with Crippen LogP contribution in [0.15, 0.2) is 83.1 Å². The van der Waals surface area contributed by atoms with Crippen molar-refractivity contribution in [1.29, 1.82) is 0 Å². The molecule has 0 spiro atoms. The summed E-state index contributed by atoms with van der Waals surface area (Å²) in [5.41, 5.74) is 14.0. The van der Waals surface area contributed by atoms with Gasteiger partial charge in [0, 0.05) is 80.5 Å². The van der Waals surface area contributed by atoms with E-state index in [0.717, 1.165) is 111 Å². The van der Waals surface area contributed by atoms with Crippen LogP contribution in [0, 0.1) is 24.7 Å². The van der Waals surface area contributed by atoms with Crippen molar-refractivity contribution in [1.82, 2.24) is 45.4 Å². The minimum absolute atomic E-state index is 0.0515. The van der Waals surface area contributed by atoms with Gasteiger partial charge in [-0.15, -0.1) is 21.5 Å². The number of phenols is 1. The Bertz CT molecular complexity index is 3000. The van der Waals surface area contributed by atoms with Gasteiger partial charge in [-0.25, -0.2) is 9.97 Å². The number of benzene rings is 1. The number of aromatic hydroxyl groups is 1. The van der Waals surface area contributed by atoms with Crippen molar-refractivity contribution in [3.63, 3.8) is 0 Å². The number of amides is 2. The quantitative estimate of drug-likeness (QED) is 0.0656. The third-order valence-electron chi connectivity index (χ3n) is 16.5. The number of likely N-dealkylation sites (tertiary alicyclic amines) is 2. The second kappa shape index (κ2) is 22.6. The number of pyridine rings is 2. The number of nitrogens with zero attached hydrogens (tertiary/aromatic N) is 10. The lowest BCUT2D eigenvalue weighted by molar-refractivity contribution is -0.141. The van der Waals surface area contributed by atoms with E-state index in [1.165, 1.54) is 16.2 Å². The number of hydrogen-bond donors (Lipinski definition) is 4. The molecule has 5 N–H and O–H groups in total. The number of aromatic nitrogens is 6. The van der Waals surface area contributed by atoms with Crippen LogP contribution < -0.4 is 30.3 Å². The van der Waals surface area contributed by atoms with Gasteiger partial charge in [-0.2, -0.15) is 0 Å². The molecule has 5 fully saturated rings.